The molecule has 0 rings (SSSR count). The second-order valence-electron chi connectivity index (χ2n) is 1.76. The van der Waals surface area contributed by atoms with E-state index in [-0.39, 0.29) is 28.0 Å². The van der Waals surface area contributed by atoms with Gasteiger partial charge >= 0.3 is 51.5 Å². The van der Waals surface area contributed by atoms with E-state index in [4.69, 9.17) is 3.79 Å². The van der Waals surface area contributed by atoms with Gasteiger partial charge in [0, 0.05) is 0 Å². The molecule has 0 aliphatic heterocycles. The van der Waals surface area contributed by atoms with Gasteiger partial charge in [0.25, 0.3) is 0 Å². The number of halogens is 1. The summed E-state index contributed by atoms with van der Waals surface area (Å²) in [5, 5.41) is 1.21. The third kappa shape index (κ3) is 9.92. The quantitative estimate of drug-likeness (QED) is 0.444. The van der Waals surface area contributed by atoms with Crippen molar-refractivity contribution in [2.45, 2.75) is 32.2 Å². The first-order chi connectivity index (χ1) is 3.27. The Kier molecular flexibility index (Phi) is 11.2. The van der Waals surface area contributed by atoms with Crippen LogP contribution in [0.25, 0.3) is 0 Å². The van der Waals surface area contributed by atoms with E-state index in [0.717, 1.165) is 0 Å². The standard InChI is InChI=1S/C3H7O.C2H5.Al.ClH/c1-3(2)4;1-2;;/h3H,1-2H3;1H2,2H3;;1H/q-1;;+2;/p-1. The van der Waals surface area contributed by atoms with Gasteiger partial charge in [0.15, 0.2) is 0 Å². The monoisotopic (exact) mass is 150 g/mol. The molecule has 0 aliphatic rings. The van der Waals surface area contributed by atoms with E-state index in [1.165, 1.54) is 5.28 Å². The van der Waals surface area contributed by atoms with Gasteiger partial charge < -0.3 is 12.4 Å². The summed E-state index contributed by atoms with van der Waals surface area (Å²) in [5.41, 5.74) is 0. The molecule has 0 amide bonds. The van der Waals surface area contributed by atoms with Crippen LogP contribution >= 0.6 is 0 Å². The Hall–Kier alpha value is 0.782. The van der Waals surface area contributed by atoms with Crippen LogP contribution in [-0.2, 0) is 3.79 Å². The zero-order chi connectivity index (χ0) is 5.70. The normalized spacial score (nSPS) is 8.00. The zero-order valence-corrected chi connectivity index (χ0v) is 7.56. The molecule has 48 valence electrons. The largest absolute Gasteiger partial charge is 1.00 e. The second kappa shape index (κ2) is 7.78. The van der Waals surface area contributed by atoms with E-state index < -0.39 is 0 Å². The van der Waals surface area contributed by atoms with Gasteiger partial charge in [0.1, 0.15) is 0 Å². The van der Waals surface area contributed by atoms with Crippen LogP contribution in [-0.4, -0.2) is 21.7 Å². The van der Waals surface area contributed by atoms with Crippen molar-refractivity contribution in [1.82, 2.24) is 0 Å². The average molecular weight is 151 g/mol. The van der Waals surface area contributed by atoms with Crippen molar-refractivity contribution in [3.63, 3.8) is 0 Å². The van der Waals surface area contributed by atoms with Crippen molar-refractivity contribution >= 4 is 15.6 Å². The summed E-state index contributed by atoms with van der Waals surface area (Å²) in [6.45, 7) is 6.29. The minimum absolute atomic E-state index is 0. The Morgan fingerprint density at radius 1 is 1.50 bits per heavy atom. The fourth-order valence-electron chi connectivity index (χ4n) is 0.289. The maximum Gasteiger partial charge on any atom is -1.00 e. The topological polar surface area (TPSA) is 9.23 Å². The molecule has 0 bridgehead atoms. The van der Waals surface area contributed by atoms with Gasteiger partial charge in [-0.2, -0.15) is 0 Å². The summed E-state index contributed by atoms with van der Waals surface area (Å²) in [7, 11) is 0. The molecule has 8 heavy (non-hydrogen) atoms. The molecular formula is C5H12AlClO. The van der Waals surface area contributed by atoms with Gasteiger partial charge in [-0.3, -0.25) is 0 Å². The SMILES string of the molecule is C[CH2][Al+][O]C(C)C.[Cl-]. The Balaban J connectivity index is 0. The molecule has 0 aromatic carbocycles. The van der Waals surface area contributed by atoms with Crippen LogP contribution in [0.2, 0.25) is 5.28 Å². The number of hydrogen-bond acceptors (Lipinski definition) is 1. The summed E-state index contributed by atoms with van der Waals surface area (Å²) in [4.78, 5) is 0. The van der Waals surface area contributed by atoms with Crippen molar-refractivity contribution in [2.24, 2.45) is 0 Å². The molecule has 0 atom stereocenters. The van der Waals surface area contributed by atoms with E-state index in [9.17, 15) is 0 Å². The van der Waals surface area contributed by atoms with E-state index in [1.807, 2.05) is 0 Å². The molecule has 3 heteroatoms. The van der Waals surface area contributed by atoms with Crippen molar-refractivity contribution in [2.75, 3.05) is 0 Å². The maximum atomic E-state index is 5.27. The van der Waals surface area contributed by atoms with Crippen molar-refractivity contribution in [1.29, 1.82) is 0 Å². The van der Waals surface area contributed by atoms with Crippen LogP contribution in [0.1, 0.15) is 20.8 Å². The summed E-state index contributed by atoms with van der Waals surface area (Å²) in [5.74, 6) is 0. The zero-order valence-electron chi connectivity index (χ0n) is 5.65. The van der Waals surface area contributed by atoms with E-state index in [0.29, 0.717) is 6.10 Å². The Labute approximate surface area is 64.3 Å². The van der Waals surface area contributed by atoms with Crippen LogP contribution in [0.15, 0.2) is 0 Å². The van der Waals surface area contributed by atoms with E-state index >= 15 is 0 Å². The smallest absolute Gasteiger partial charge is 1.00 e. The van der Waals surface area contributed by atoms with Crippen LogP contribution in [0.5, 0.6) is 0 Å². The summed E-state index contributed by atoms with van der Waals surface area (Å²) in [6.07, 6.45) is 0.440. The fourth-order valence-corrected chi connectivity index (χ4v) is 0.866. The molecular weight excluding hydrogens is 138 g/mol. The molecule has 0 fully saturated rings. The van der Waals surface area contributed by atoms with Crippen LogP contribution in [0, 0.1) is 0 Å². The van der Waals surface area contributed by atoms with Gasteiger partial charge in [0.05, 0.1) is 0 Å². The molecule has 0 saturated heterocycles. The van der Waals surface area contributed by atoms with E-state index in [1.54, 1.807) is 0 Å². The first-order valence-corrected chi connectivity index (χ1v) is 4.03. The molecule has 0 aliphatic carbocycles. The van der Waals surface area contributed by atoms with Gasteiger partial charge in [-0.15, -0.1) is 0 Å². The predicted molar refractivity (Wildman–Crippen MR) is 32.5 cm³/mol. The Morgan fingerprint density at radius 3 is 2.12 bits per heavy atom. The molecule has 0 unspecified atom stereocenters. The molecule has 0 heterocycles. The predicted octanol–water partition coefficient (Wildman–Crippen LogP) is -1.53. The second-order valence-corrected chi connectivity index (χ2v) is 3.18. The first-order valence-electron chi connectivity index (χ1n) is 2.74. The number of rotatable bonds is 3. The summed E-state index contributed by atoms with van der Waals surface area (Å²) >= 11 is 0.285. The van der Waals surface area contributed by atoms with Crippen LogP contribution in [0.3, 0.4) is 0 Å². The Morgan fingerprint density at radius 2 is 2.00 bits per heavy atom. The molecule has 0 saturated carbocycles. The number of hydrogen-bond donors (Lipinski definition) is 0. The molecule has 1 nitrogen and oxygen atoms in total. The fraction of sp³-hybridized carbons (Fsp3) is 1.00. The van der Waals surface area contributed by atoms with Gasteiger partial charge in [-0.05, 0) is 0 Å². The molecule has 0 N–H and O–H groups in total. The molecule has 0 aromatic rings. The molecule has 0 spiro atoms. The van der Waals surface area contributed by atoms with Gasteiger partial charge in [0.2, 0.25) is 0 Å². The van der Waals surface area contributed by atoms with Crippen molar-refractivity contribution in [3.8, 4) is 0 Å². The van der Waals surface area contributed by atoms with Gasteiger partial charge in [-0.1, -0.05) is 0 Å². The van der Waals surface area contributed by atoms with Crippen molar-refractivity contribution < 1.29 is 16.2 Å². The van der Waals surface area contributed by atoms with Crippen molar-refractivity contribution in [3.05, 3.63) is 0 Å². The minimum Gasteiger partial charge on any atom is -1.00 e. The van der Waals surface area contributed by atoms with Gasteiger partial charge in [-0.25, -0.2) is 0 Å². The van der Waals surface area contributed by atoms with Crippen LogP contribution < -0.4 is 12.4 Å². The maximum absolute atomic E-state index is 5.27. The molecule has 0 aromatic heterocycles. The van der Waals surface area contributed by atoms with Crippen LogP contribution in [0.4, 0.5) is 0 Å². The van der Waals surface area contributed by atoms with E-state index in [2.05, 4.69) is 20.8 Å². The minimum atomic E-state index is 0. The third-order valence-electron chi connectivity index (χ3n) is 0.535. The first kappa shape index (κ1) is 11.6. The average Bonchev–Trinajstić information content (AvgIpc) is 1.61. The summed E-state index contributed by atoms with van der Waals surface area (Å²) < 4.78 is 5.27. The molecule has 0 radical (unpaired) electrons. The Bertz CT molecular complexity index is 41.4. The third-order valence-corrected chi connectivity index (χ3v) is 1.61. The summed E-state index contributed by atoms with van der Waals surface area (Å²) in [6, 6.07) is 0.